The van der Waals surface area contributed by atoms with E-state index >= 15 is 0 Å². The molecule has 0 unspecified atom stereocenters. The molecule has 0 radical (unpaired) electrons. The van der Waals surface area contributed by atoms with E-state index in [1.807, 2.05) is 6.92 Å². The molecule has 0 aliphatic rings. The van der Waals surface area contributed by atoms with Gasteiger partial charge in [-0.3, -0.25) is 9.36 Å². The van der Waals surface area contributed by atoms with Gasteiger partial charge >= 0.3 is 5.69 Å². The fourth-order valence-corrected chi connectivity index (χ4v) is 2.76. The van der Waals surface area contributed by atoms with Gasteiger partial charge in [0.05, 0.1) is 5.02 Å². The predicted molar refractivity (Wildman–Crippen MR) is 74.1 cm³/mol. The highest BCUT2D eigenvalue weighted by Gasteiger charge is 2.12. The lowest BCUT2D eigenvalue weighted by atomic mass is 10.1. The Kier molecular flexibility index (Phi) is 4.11. The van der Waals surface area contributed by atoms with Crippen LogP contribution in [0.4, 0.5) is 0 Å². The zero-order chi connectivity index (χ0) is 14.0. The van der Waals surface area contributed by atoms with Crippen molar-refractivity contribution in [2.45, 2.75) is 30.4 Å². The quantitative estimate of drug-likeness (QED) is 0.881. The van der Waals surface area contributed by atoms with E-state index in [1.54, 1.807) is 18.2 Å². The van der Waals surface area contributed by atoms with Gasteiger partial charge in [-0.2, -0.15) is 0 Å². The minimum absolute atomic E-state index is 0.0383. The predicted octanol–water partition coefficient (Wildman–Crippen LogP) is 2.60. The van der Waals surface area contributed by atoms with E-state index in [2.05, 4.69) is 10.2 Å². The maximum Gasteiger partial charge on any atom is 0.343 e. The molecule has 0 saturated heterocycles. The summed E-state index contributed by atoms with van der Waals surface area (Å²) in [5, 5.41) is 7.35. The number of ketones is 1. The molecule has 1 N–H and O–H groups in total. The zero-order valence-corrected chi connectivity index (χ0v) is 12.0. The molecule has 5 nitrogen and oxygen atoms in total. The molecule has 1 aromatic carbocycles. The van der Waals surface area contributed by atoms with E-state index in [0.29, 0.717) is 22.3 Å². The second-order valence-corrected chi connectivity index (χ2v) is 5.28. The van der Waals surface area contributed by atoms with Gasteiger partial charge in [0.2, 0.25) is 0 Å². The first-order valence-electron chi connectivity index (χ1n) is 5.66. The Balaban J connectivity index is 2.33. The van der Waals surface area contributed by atoms with Crippen LogP contribution in [-0.4, -0.2) is 20.5 Å². The van der Waals surface area contributed by atoms with Gasteiger partial charge in [-0.15, -0.1) is 5.10 Å². The van der Waals surface area contributed by atoms with Crippen molar-refractivity contribution in [2.24, 2.45) is 0 Å². The molecule has 0 atom stereocenters. The molecule has 19 heavy (non-hydrogen) atoms. The van der Waals surface area contributed by atoms with Crippen molar-refractivity contribution in [2.75, 3.05) is 0 Å². The van der Waals surface area contributed by atoms with Crippen molar-refractivity contribution in [1.29, 1.82) is 0 Å². The summed E-state index contributed by atoms with van der Waals surface area (Å²) in [7, 11) is 0. The summed E-state index contributed by atoms with van der Waals surface area (Å²) in [5.74, 6) is -0.0383. The highest BCUT2D eigenvalue weighted by atomic mass is 35.5. The smallest absolute Gasteiger partial charge is 0.295 e. The molecule has 0 bridgehead atoms. The van der Waals surface area contributed by atoms with Crippen molar-refractivity contribution in [3.05, 3.63) is 39.3 Å². The number of nitrogens with one attached hydrogen (secondary N) is 1. The van der Waals surface area contributed by atoms with Crippen LogP contribution >= 0.6 is 23.4 Å². The van der Waals surface area contributed by atoms with Crippen LogP contribution in [0.1, 0.15) is 24.2 Å². The van der Waals surface area contributed by atoms with E-state index in [0.717, 1.165) is 4.90 Å². The zero-order valence-electron chi connectivity index (χ0n) is 10.4. The lowest BCUT2D eigenvalue weighted by Crippen LogP contribution is -2.16. The Bertz CT molecular complexity index is 678. The molecule has 0 fully saturated rings. The highest BCUT2D eigenvalue weighted by molar-refractivity contribution is 7.99. The molecule has 1 aromatic heterocycles. The average Bonchev–Trinajstić information content (AvgIpc) is 2.72. The molecule has 0 aliphatic carbocycles. The van der Waals surface area contributed by atoms with Gasteiger partial charge in [0, 0.05) is 17.0 Å². The monoisotopic (exact) mass is 297 g/mol. The summed E-state index contributed by atoms with van der Waals surface area (Å²) in [5.41, 5.74) is 0.311. The average molecular weight is 298 g/mol. The molecule has 0 amide bonds. The lowest BCUT2D eigenvalue weighted by Gasteiger charge is -2.05. The number of nitrogens with zero attached hydrogens (tertiary/aromatic N) is 2. The summed E-state index contributed by atoms with van der Waals surface area (Å²) in [6.45, 7) is 3.88. The summed E-state index contributed by atoms with van der Waals surface area (Å²) >= 11 is 7.41. The van der Waals surface area contributed by atoms with Crippen molar-refractivity contribution < 1.29 is 4.79 Å². The molecule has 2 aromatic rings. The van der Waals surface area contributed by atoms with E-state index in [9.17, 15) is 9.59 Å². The molecular formula is C12H12ClN3O2S. The largest absolute Gasteiger partial charge is 0.343 e. The van der Waals surface area contributed by atoms with Crippen LogP contribution in [0.2, 0.25) is 5.02 Å². The second kappa shape index (κ2) is 5.63. The number of halogens is 1. The third-order valence-corrected chi connectivity index (χ3v) is 4.07. The van der Waals surface area contributed by atoms with Crippen LogP contribution in [0.3, 0.4) is 0 Å². The molecule has 2 rings (SSSR count). The maximum atomic E-state index is 11.4. The number of H-pyrrole nitrogens is 1. The van der Waals surface area contributed by atoms with Gasteiger partial charge < -0.3 is 0 Å². The third kappa shape index (κ3) is 2.90. The van der Waals surface area contributed by atoms with Crippen LogP contribution in [0.15, 0.2) is 33.0 Å². The van der Waals surface area contributed by atoms with Crippen molar-refractivity contribution in [3.8, 4) is 0 Å². The molecular weight excluding hydrogens is 286 g/mol. The number of aromatic amines is 1. The first-order chi connectivity index (χ1) is 9.02. The van der Waals surface area contributed by atoms with E-state index in [-0.39, 0.29) is 11.5 Å². The Morgan fingerprint density at radius 3 is 2.84 bits per heavy atom. The molecule has 1 heterocycles. The summed E-state index contributed by atoms with van der Waals surface area (Å²) in [6.07, 6.45) is 0. The Morgan fingerprint density at radius 1 is 1.53 bits per heavy atom. The van der Waals surface area contributed by atoms with Gasteiger partial charge in [0.15, 0.2) is 10.9 Å². The van der Waals surface area contributed by atoms with E-state index in [1.165, 1.54) is 23.3 Å². The van der Waals surface area contributed by atoms with Crippen LogP contribution in [-0.2, 0) is 6.54 Å². The summed E-state index contributed by atoms with van der Waals surface area (Å²) in [6, 6.07) is 5.08. The molecule has 7 heteroatoms. The van der Waals surface area contributed by atoms with Crippen LogP contribution in [0.5, 0.6) is 0 Å². The maximum absolute atomic E-state index is 11.4. The van der Waals surface area contributed by atoms with Crippen LogP contribution < -0.4 is 5.69 Å². The first kappa shape index (κ1) is 13.9. The number of carbonyl (C=O) groups excluding carboxylic acids is 1. The number of carbonyl (C=O) groups is 1. The van der Waals surface area contributed by atoms with Gasteiger partial charge in [0.1, 0.15) is 0 Å². The third-order valence-electron chi connectivity index (χ3n) is 2.58. The standard InChI is InChI=1S/C12H12ClN3O2S/c1-3-16-11(18)14-15-12(16)19-10-5-4-8(7(2)17)6-9(10)13/h4-6H,3H2,1-2H3,(H,14,18). The van der Waals surface area contributed by atoms with Gasteiger partial charge in [-0.25, -0.2) is 9.89 Å². The Hall–Kier alpha value is -1.53. The number of benzene rings is 1. The number of hydrogen-bond acceptors (Lipinski definition) is 4. The number of hydrogen-bond donors (Lipinski definition) is 1. The number of aromatic nitrogens is 3. The van der Waals surface area contributed by atoms with Crippen LogP contribution in [0, 0.1) is 0 Å². The van der Waals surface area contributed by atoms with Crippen molar-refractivity contribution in [3.63, 3.8) is 0 Å². The molecule has 100 valence electrons. The molecule has 0 spiro atoms. The lowest BCUT2D eigenvalue weighted by molar-refractivity contribution is 0.101. The molecule has 0 aliphatic heterocycles. The fraction of sp³-hybridized carbons (Fsp3) is 0.250. The Labute approximate surface area is 119 Å². The minimum atomic E-state index is -0.249. The minimum Gasteiger partial charge on any atom is -0.295 e. The van der Waals surface area contributed by atoms with Crippen LogP contribution in [0.25, 0.3) is 0 Å². The molecule has 0 saturated carbocycles. The van der Waals surface area contributed by atoms with Gasteiger partial charge in [0.25, 0.3) is 0 Å². The normalized spacial score (nSPS) is 10.7. The van der Waals surface area contributed by atoms with E-state index in [4.69, 9.17) is 11.6 Å². The fourth-order valence-electron chi connectivity index (χ4n) is 1.56. The first-order valence-corrected chi connectivity index (χ1v) is 6.86. The highest BCUT2D eigenvalue weighted by Crippen LogP contribution is 2.32. The Morgan fingerprint density at radius 2 is 2.26 bits per heavy atom. The SMILES string of the molecule is CCn1c(Sc2ccc(C(C)=O)cc2Cl)n[nH]c1=O. The number of Topliss-reactive ketones (excluding diaryl/α,β-unsaturated/α-hetero) is 1. The van der Waals surface area contributed by atoms with Crippen molar-refractivity contribution >= 4 is 29.1 Å². The van der Waals surface area contributed by atoms with Gasteiger partial charge in [-0.1, -0.05) is 17.7 Å². The van der Waals surface area contributed by atoms with Gasteiger partial charge in [-0.05, 0) is 37.7 Å². The topological polar surface area (TPSA) is 67.8 Å². The summed E-state index contributed by atoms with van der Waals surface area (Å²) in [4.78, 5) is 23.4. The van der Waals surface area contributed by atoms with Crippen molar-refractivity contribution in [1.82, 2.24) is 14.8 Å². The second-order valence-electron chi connectivity index (χ2n) is 3.86. The van der Waals surface area contributed by atoms with E-state index < -0.39 is 0 Å². The summed E-state index contributed by atoms with van der Waals surface area (Å²) < 4.78 is 1.51. The number of rotatable bonds is 4.